The number of piperidine rings is 1. The summed E-state index contributed by atoms with van der Waals surface area (Å²) in [5.74, 6) is -1.02. The zero-order chi connectivity index (χ0) is 14.4. The predicted molar refractivity (Wildman–Crippen MR) is 70.8 cm³/mol. The number of carboxylic acids is 1. The molecule has 0 radical (unpaired) electrons. The Morgan fingerprint density at radius 3 is 2.63 bits per heavy atom. The van der Waals surface area contributed by atoms with E-state index in [4.69, 9.17) is 9.84 Å². The van der Waals surface area contributed by atoms with Gasteiger partial charge in [0.15, 0.2) is 0 Å². The predicted octanol–water partition coefficient (Wildman–Crippen LogP) is 0.226. The van der Waals surface area contributed by atoms with Crippen molar-refractivity contribution in [3.63, 3.8) is 0 Å². The third-order valence-electron chi connectivity index (χ3n) is 3.11. The first-order valence-corrected chi connectivity index (χ1v) is 6.76. The summed E-state index contributed by atoms with van der Waals surface area (Å²) in [6.45, 7) is 7.41. The summed E-state index contributed by atoms with van der Waals surface area (Å²) in [5, 5.41) is 14.8. The Labute approximate surface area is 113 Å². The van der Waals surface area contributed by atoms with Gasteiger partial charge in [-0.2, -0.15) is 0 Å². The molecule has 3 unspecified atom stereocenters. The molecule has 6 heteroatoms. The Hall–Kier alpha value is -1.14. The Morgan fingerprint density at radius 1 is 1.37 bits per heavy atom. The van der Waals surface area contributed by atoms with Gasteiger partial charge in [0.2, 0.25) is 5.91 Å². The number of ether oxygens (including phenoxy) is 1. The fourth-order valence-electron chi connectivity index (χ4n) is 1.99. The van der Waals surface area contributed by atoms with Gasteiger partial charge in [0.25, 0.3) is 0 Å². The zero-order valence-corrected chi connectivity index (χ0v) is 11.8. The van der Waals surface area contributed by atoms with E-state index in [0.29, 0.717) is 32.0 Å². The SMILES string of the molecule is CC(C)CNC(=O)C(C)OC1CNCC(C(=O)O)C1. The van der Waals surface area contributed by atoms with Crippen LogP contribution >= 0.6 is 0 Å². The number of carboxylic acid groups (broad SMARTS) is 1. The van der Waals surface area contributed by atoms with Crippen molar-refractivity contribution in [2.75, 3.05) is 19.6 Å². The number of aliphatic carboxylic acids is 1. The molecule has 1 saturated heterocycles. The maximum Gasteiger partial charge on any atom is 0.307 e. The first-order valence-electron chi connectivity index (χ1n) is 6.76. The highest BCUT2D eigenvalue weighted by molar-refractivity contribution is 5.80. The third-order valence-corrected chi connectivity index (χ3v) is 3.11. The van der Waals surface area contributed by atoms with Gasteiger partial charge in [-0.05, 0) is 19.3 Å². The van der Waals surface area contributed by atoms with E-state index in [0.717, 1.165) is 0 Å². The molecule has 0 aliphatic carbocycles. The Kier molecular flexibility index (Phi) is 6.24. The molecule has 1 heterocycles. The fraction of sp³-hybridized carbons (Fsp3) is 0.846. The molecule has 0 aromatic heterocycles. The van der Waals surface area contributed by atoms with Crippen LogP contribution in [-0.4, -0.2) is 48.8 Å². The number of nitrogens with one attached hydrogen (secondary N) is 2. The van der Waals surface area contributed by atoms with Gasteiger partial charge < -0.3 is 20.5 Å². The molecule has 110 valence electrons. The van der Waals surface area contributed by atoms with E-state index >= 15 is 0 Å². The van der Waals surface area contributed by atoms with E-state index in [2.05, 4.69) is 10.6 Å². The zero-order valence-electron chi connectivity index (χ0n) is 11.8. The summed E-state index contributed by atoms with van der Waals surface area (Å²) in [6, 6.07) is 0. The van der Waals surface area contributed by atoms with Gasteiger partial charge in [-0.25, -0.2) is 0 Å². The maximum atomic E-state index is 11.8. The minimum Gasteiger partial charge on any atom is -0.481 e. The van der Waals surface area contributed by atoms with E-state index in [1.807, 2.05) is 13.8 Å². The monoisotopic (exact) mass is 272 g/mol. The second kappa shape index (κ2) is 7.45. The second-order valence-corrected chi connectivity index (χ2v) is 5.47. The van der Waals surface area contributed by atoms with Crippen LogP contribution in [-0.2, 0) is 14.3 Å². The van der Waals surface area contributed by atoms with Gasteiger partial charge in [-0.15, -0.1) is 0 Å². The number of carbonyl (C=O) groups is 2. The van der Waals surface area contributed by atoms with Crippen molar-refractivity contribution < 1.29 is 19.4 Å². The van der Waals surface area contributed by atoms with Crippen LogP contribution in [0, 0.1) is 11.8 Å². The van der Waals surface area contributed by atoms with Crippen LogP contribution in [0.4, 0.5) is 0 Å². The lowest BCUT2D eigenvalue weighted by atomic mass is 9.97. The molecule has 19 heavy (non-hydrogen) atoms. The molecule has 1 amide bonds. The molecule has 0 aromatic rings. The summed E-state index contributed by atoms with van der Waals surface area (Å²) < 4.78 is 5.63. The first-order chi connectivity index (χ1) is 8.90. The number of rotatable bonds is 6. The lowest BCUT2D eigenvalue weighted by Crippen LogP contribution is -2.47. The minimum atomic E-state index is -0.822. The molecule has 1 aliphatic heterocycles. The molecule has 1 aliphatic rings. The van der Waals surface area contributed by atoms with Gasteiger partial charge in [0.05, 0.1) is 12.0 Å². The van der Waals surface area contributed by atoms with Crippen LogP contribution in [0.15, 0.2) is 0 Å². The summed E-state index contributed by atoms with van der Waals surface area (Å²) in [7, 11) is 0. The van der Waals surface area contributed by atoms with Gasteiger partial charge in [0.1, 0.15) is 6.10 Å². The molecule has 1 fully saturated rings. The third kappa shape index (κ3) is 5.57. The highest BCUT2D eigenvalue weighted by atomic mass is 16.5. The van der Waals surface area contributed by atoms with Crippen LogP contribution in [0.2, 0.25) is 0 Å². The summed E-state index contributed by atoms with van der Waals surface area (Å²) in [5.41, 5.74) is 0. The van der Waals surface area contributed by atoms with E-state index in [1.54, 1.807) is 6.92 Å². The Balaban J connectivity index is 2.36. The van der Waals surface area contributed by atoms with Crippen molar-refractivity contribution in [1.82, 2.24) is 10.6 Å². The Morgan fingerprint density at radius 2 is 2.05 bits per heavy atom. The maximum absolute atomic E-state index is 11.8. The molecule has 0 aromatic carbocycles. The molecular weight excluding hydrogens is 248 g/mol. The highest BCUT2D eigenvalue weighted by Gasteiger charge is 2.29. The Bertz CT molecular complexity index is 320. The van der Waals surface area contributed by atoms with E-state index in [-0.39, 0.29) is 12.0 Å². The second-order valence-electron chi connectivity index (χ2n) is 5.47. The van der Waals surface area contributed by atoms with Crippen molar-refractivity contribution in [3.8, 4) is 0 Å². The van der Waals surface area contributed by atoms with Crippen LogP contribution in [0.1, 0.15) is 27.2 Å². The van der Waals surface area contributed by atoms with Crippen molar-refractivity contribution in [1.29, 1.82) is 0 Å². The number of carbonyl (C=O) groups excluding carboxylic acids is 1. The highest BCUT2D eigenvalue weighted by Crippen LogP contribution is 2.15. The largest absolute Gasteiger partial charge is 0.481 e. The van der Waals surface area contributed by atoms with Crippen molar-refractivity contribution >= 4 is 11.9 Å². The average Bonchev–Trinajstić information content (AvgIpc) is 2.36. The molecular formula is C13H24N2O4. The van der Waals surface area contributed by atoms with Gasteiger partial charge in [-0.3, -0.25) is 9.59 Å². The van der Waals surface area contributed by atoms with Crippen molar-refractivity contribution in [2.45, 2.75) is 39.4 Å². The van der Waals surface area contributed by atoms with E-state index in [1.165, 1.54) is 0 Å². The van der Waals surface area contributed by atoms with Crippen molar-refractivity contribution in [2.24, 2.45) is 11.8 Å². The normalized spacial score (nSPS) is 25.1. The van der Waals surface area contributed by atoms with Crippen molar-refractivity contribution in [3.05, 3.63) is 0 Å². The molecule has 3 N–H and O–H groups in total. The van der Waals surface area contributed by atoms with Crippen LogP contribution in [0.25, 0.3) is 0 Å². The summed E-state index contributed by atoms with van der Waals surface area (Å²) in [4.78, 5) is 22.7. The van der Waals surface area contributed by atoms with Crippen LogP contribution in [0.5, 0.6) is 0 Å². The quantitative estimate of drug-likeness (QED) is 0.644. The molecule has 0 spiro atoms. The first kappa shape index (κ1) is 15.9. The summed E-state index contributed by atoms with van der Waals surface area (Å²) in [6.07, 6.45) is -0.336. The van der Waals surface area contributed by atoms with Gasteiger partial charge >= 0.3 is 5.97 Å². The summed E-state index contributed by atoms with van der Waals surface area (Å²) >= 11 is 0. The molecule has 1 rings (SSSR count). The molecule has 3 atom stereocenters. The standard InChI is InChI=1S/C13H24N2O4/c1-8(2)5-15-12(16)9(3)19-11-4-10(13(17)18)6-14-7-11/h8-11,14H,4-7H2,1-3H3,(H,15,16)(H,17,18). The molecule has 0 saturated carbocycles. The number of hydrogen-bond donors (Lipinski definition) is 3. The van der Waals surface area contributed by atoms with Gasteiger partial charge in [-0.1, -0.05) is 13.8 Å². The average molecular weight is 272 g/mol. The molecule has 0 bridgehead atoms. The van der Waals surface area contributed by atoms with Gasteiger partial charge in [0, 0.05) is 19.6 Å². The van der Waals surface area contributed by atoms with Crippen LogP contribution < -0.4 is 10.6 Å². The smallest absolute Gasteiger partial charge is 0.307 e. The number of amides is 1. The topological polar surface area (TPSA) is 87.7 Å². The lowest BCUT2D eigenvalue weighted by Gasteiger charge is -2.29. The lowest BCUT2D eigenvalue weighted by molar-refractivity contribution is -0.146. The van der Waals surface area contributed by atoms with E-state index in [9.17, 15) is 9.59 Å². The minimum absolute atomic E-state index is 0.147. The fourth-order valence-corrected chi connectivity index (χ4v) is 1.99. The molecule has 6 nitrogen and oxygen atoms in total. The van der Waals surface area contributed by atoms with E-state index < -0.39 is 18.0 Å². The number of hydrogen-bond acceptors (Lipinski definition) is 4. The van der Waals surface area contributed by atoms with Crippen LogP contribution in [0.3, 0.4) is 0 Å².